The number of carbonyl (C=O) groups is 1. The molecule has 6 rings (SSSR count). The van der Waals surface area contributed by atoms with Gasteiger partial charge in [-0.15, -0.1) is 11.3 Å². The first-order valence-electron chi connectivity index (χ1n) is 11.0. The van der Waals surface area contributed by atoms with Crippen LogP contribution in [0.4, 0.5) is 10.7 Å². The Labute approximate surface area is 196 Å². The highest BCUT2D eigenvalue weighted by Gasteiger charge is 2.47. The normalized spacial score (nSPS) is 19.2. The molecule has 2 aliphatic heterocycles. The van der Waals surface area contributed by atoms with Gasteiger partial charge in [0.05, 0.1) is 5.56 Å². The third kappa shape index (κ3) is 3.22. The van der Waals surface area contributed by atoms with Crippen molar-refractivity contribution < 1.29 is 4.79 Å². The number of nitrogens with zero attached hydrogens (tertiary/aromatic N) is 3. The molecule has 0 bridgehead atoms. The quantitative estimate of drug-likeness (QED) is 0.561. The van der Waals surface area contributed by atoms with Crippen LogP contribution in [0, 0.1) is 6.92 Å². The highest BCUT2D eigenvalue weighted by atomic mass is 32.2. The minimum absolute atomic E-state index is 0.0847. The molecule has 0 saturated carbocycles. The number of amidine groups is 1. The average Bonchev–Trinajstić information content (AvgIpc) is 3.41. The second kappa shape index (κ2) is 7.98. The number of fused-ring (bicyclic) bond motifs is 5. The Morgan fingerprint density at radius 1 is 1.06 bits per heavy atom. The van der Waals surface area contributed by atoms with Gasteiger partial charge < -0.3 is 0 Å². The summed E-state index contributed by atoms with van der Waals surface area (Å²) in [5.74, 6) is 0.922. The fourth-order valence-corrected chi connectivity index (χ4v) is 7.06. The molecule has 1 amide bonds. The number of hydrazone groups is 1. The monoisotopic (exact) mass is 460 g/mol. The SMILES string of the molecule is Cc1ccc(N2C(=O)c3c(sc4c3CCCC4)N3C(SCc4ccccc4)=NNC23)cc1. The smallest absolute Gasteiger partial charge is 0.264 e. The van der Waals surface area contributed by atoms with E-state index in [0.29, 0.717) is 0 Å². The van der Waals surface area contributed by atoms with Gasteiger partial charge in [0, 0.05) is 16.3 Å². The molecule has 3 heterocycles. The van der Waals surface area contributed by atoms with Crippen molar-refractivity contribution in [2.24, 2.45) is 5.10 Å². The van der Waals surface area contributed by atoms with E-state index in [-0.39, 0.29) is 12.2 Å². The average molecular weight is 461 g/mol. The summed E-state index contributed by atoms with van der Waals surface area (Å²) in [6, 6.07) is 18.6. The Morgan fingerprint density at radius 2 is 1.84 bits per heavy atom. The lowest BCUT2D eigenvalue weighted by atomic mass is 9.94. The van der Waals surface area contributed by atoms with Gasteiger partial charge in [0.15, 0.2) is 5.17 Å². The van der Waals surface area contributed by atoms with E-state index >= 15 is 0 Å². The zero-order valence-electron chi connectivity index (χ0n) is 17.9. The summed E-state index contributed by atoms with van der Waals surface area (Å²) in [7, 11) is 0. The summed E-state index contributed by atoms with van der Waals surface area (Å²) < 4.78 is 0. The van der Waals surface area contributed by atoms with Gasteiger partial charge in [-0.25, -0.2) is 0 Å². The highest BCUT2D eigenvalue weighted by Crippen LogP contribution is 2.47. The van der Waals surface area contributed by atoms with Crippen molar-refractivity contribution in [3.63, 3.8) is 0 Å². The lowest BCUT2D eigenvalue weighted by molar-refractivity contribution is 0.0968. The summed E-state index contributed by atoms with van der Waals surface area (Å²) in [5.41, 5.74) is 8.75. The molecule has 0 saturated heterocycles. The highest BCUT2D eigenvalue weighted by molar-refractivity contribution is 8.13. The molecule has 162 valence electrons. The maximum absolute atomic E-state index is 13.9. The molecule has 0 fully saturated rings. The number of hydrogen-bond acceptors (Lipinski definition) is 6. The lowest BCUT2D eigenvalue weighted by Gasteiger charge is -2.39. The van der Waals surface area contributed by atoms with Crippen LogP contribution in [0.1, 0.15) is 44.8 Å². The van der Waals surface area contributed by atoms with Crippen molar-refractivity contribution in [3.05, 3.63) is 81.7 Å². The van der Waals surface area contributed by atoms with Gasteiger partial charge in [-0.1, -0.05) is 59.8 Å². The van der Waals surface area contributed by atoms with E-state index < -0.39 is 0 Å². The second-order valence-electron chi connectivity index (χ2n) is 8.44. The van der Waals surface area contributed by atoms with Crippen LogP contribution in [0.2, 0.25) is 0 Å². The first kappa shape index (κ1) is 19.9. The lowest BCUT2D eigenvalue weighted by Crippen LogP contribution is -2.58. The third-order valence-electron chi connectivity index (χ3n) is 6.30. The Morgan fingerprint density at radius 3 is 2.66 bits per heavy atom. The molecule has 3 aliphatic rings. The number of hydrogen-bond donors (Lipinski definition) is 1. The predicted molar refractivity (Wildman–Crippen MR) is 134 cm³/mol. The molecule has 0 spiro atoms. The van der Waals surface area contributed by atoms with Crippen molar-refractivity contribution in [1.82, 2.24) is 5.43 Å². The number of amides is 1. The van der Waals surface area contributed by atoms with Crippen molar-refractivity contribution in [2.75, 3.05) is 9.80 Å². The van der Waals surface area contributed by atoms with Crippen LogP contribution in [0.25, 0.3) is 0 Å². The molecule has 1 N–H and O–H groups in total. The maximum atomic E-state index is 13.9. The number of aryl methyl sites for hydroxylation is 2. The Kier molecular flexibility index (Phi) is 4.96. The van der Waals surface area contributed by atoms with E-state index in [4.69, 9.17) is 5.10 Å². The van der Waals surface area contributed by atoms with E-state index in [1.807, 2.05) is 23.1 Å². The number of benzene rings is 2. The molecular weight excluding hydrogens is 436 g/mol. The van der Waals surface area contributed by atoms with Crippen LogP contribution in [-0.2, 0) is 18.6 Å². The summed E-state index contributed by atoms with van der Waals surface area (Å²) in [5, 5.41) is 6.67. The van der Waals surface area contributed by atoms with Crippen LogP contribution in [0.3, 0.4) is 0 Å². The Bertz CT molecular complexity index is 1200. The maximum Gasteiger partial charge on any atom is 0.264 e. The standard InChI is InChI=1S/C25H24N4OS2/c1-16-11-13-18(14-12-16)28-22(30)21-19-9-5-6-10-20(19)32-23(21)29-24(28)26-27-25(29)31-15-17-7-3-2-4-8-17/h2-4,7-8,11-14,24,26H,5-6,9-10,15H2,1H3. The van der Waals surface area contributed by atoms with Gasteiger partial charge in [-0.2, -0.15) is 5.10 Å². The minimum atomic E-state index is -0.337. The molecule has 1 aromatic heterocycles. The number of rotatable bonds is 3. The van der Waals surface area contributed by atoms with Crippen LogP contribution in [-0.4, -0.2) is 17.4 Å². The van der Waals surface area contributed by atoms with E-state index in [1.165, 1.54) is 28.0 Å². The number of nitrogens with one attached hydrogen (secondary N) is 1. The van der Waals surface area contributed by atoms with Crippen molar-refractivity contribution in [2.45, 2.75) is 44.6 Å². The molecule has 1 unspecified atom stereocenters. The summed E-state index contributed by atoms with van der Waals surface area (Å²) in [6.45, 7) is 2.07. The molecule has 3 aromatic rings. The van der Waals surface area contributed by atoms with Gasteiger partial charge in [-0.3, -0.25) is 20.0 Å². The van der Waals surface area contributed by atoms with Gasteiger partial charge in [-0.05, 0) is 55.9 Å². The number of thiophene rings is 1. The molecule has 1 aliphatic carbocycles. The molecule has 32 heavy (non-hydrogen) atoms. The zero-order chi connectivity index (χ0) is 21.7. The van der Waals surface area contributed by atoms with E-state index in [2.05, 4.69) is 53.6 Å². The van der Waals surface area contributed by atoms with Crippen LogP contribution >= 0.6 is 23.1 Å². The van der Waals surface area contributed by atoms with Crippen LogP contribution in [0.5, 0.6) is 0 Å². The van der Waals surface area contributed by atoms with Crippen molar-refractivity contribution >= 4 is 44.9 Å². The fraction of sp³-hybridized carbons (Fsp3) is 0.280. The van der Waals surface area contributed by atoms with E-state index in [9.17, 15) is 4.79 Å². The largest absolute Gasteiger partial charge is 0.269 e. The number of carbonyl (C=O) groups excluding carboxylic acids is 1. The molecule has 0 radical (unpaired) electrons. The summed E-state index contributed by atoms with van der Waals surface area (Å²) in [4.78, 5) is 19.4. The molecule has 1 atom stereocenters. The van der Waals surface area contributed by atoms with E-state index in [0.717, 1.165) is 46.4 Å². The number of thioether (sulfide) groups is 1. The van der Waals surface area contributed by atoms with E-state index in [1.54, 1.807) is 23.1 Å². The van der Waals surface area contributed by atoms with Crippen molar-refractivity contribution in [1.29, 1.82) is 0 Å². The number of anilines is 2. The van der Waals surface area contributed by atoms with Gasteiger partial charge in [0.2, 0.25) is 6.29 Å². The summed E-state index contributed by atoms with van der Waals surface area (Å²) >= 11 is 3.50. The minimum Gasteiger partial charge on any atom is -0.269 e. The van der Waals surface area contributed by atoms with Crippen LogP contribution in [0.15, 0.2) is 59.7 Å². The zero-order valence-corrected chi connectivity index (χ0v) is 19.5. The molecule has 7 heteroatoms. The second-order valence-corrected chi connectivity index (χ2v) is 10.5. The Hall–Kier alpha value is -2.77. The molecular formula is C25H24N4OS2. The first-order chi connectivity index (χ1) is 15.7. The summed E-state index contributed by atoms with van der Waals surface area (Å²) in [6.07, 6.45) is 4.08. The molecule has 2 aromatic carbocycles. The topological polar surface area (TPSA) is 47.9 Å². The Balaban J connectivity index is 1.41. The van der Waals surface area contributed by atoms with Gasteiger partial charge >= 0.3 is 0 Å². The third-order valence-corrected chi connectivity index (χ3v) is 8.61. The fourth-order valence-electron chi connectivity index (χ4n) is 4.66. The van der Waals surface area contributed by atoms with Gasteiger partial charge in [0.1, 0.15) is 5.00 Å². The van der Waals surface area contributed by atoms with Crippen LogP contribution < -0.4 is 15.2 Å². The van der Waals surface area contributed by atoms with Crippen molar-refractivity contribution in [3.8, 4) is 0 Å². The van der Waals surface area contributed by atoms with Gasteiger partial charge in [0.25, 0.3) is 5.91 Å². The molecule has 5 nitrogen and oxygen atoms in total. The predicted octanol–water partition coefficient (Wildman–Crippen LogP) is 5.49. The first-order valence-corrected chi connectivity index (χ1v) is 12.8.